The van der Waals surface area contributed by atoms with E-state index >= 15 is 0 Å². The molecule has 0 radical (unpaired) electrons. The number of morpholine rings is 1. The zero-order valence-corrected chi connectivity index (χ0v) is 11.2. The summed E-state index contributed by atoms with van der Waals surface area (Å²) in [6, 6.07) is 7.35. The molecular formula is C12H18N2O3S. The summed E-state index contributed by atoms with van der Waals surface area (Å²) >= 11 is 0. The van der Waals surface area contributed by atoms with Crippen molar-refractivity contribution in [3.05, 3.63) is 29.8 Å². The minimum atomic E-state index is -3.14. The van der Waals surface area contributed by atoms with Crippen molar-refractivity contribution in [2.45, 2.75) is 13.0 Å². The summed E-state index contributed by atoms with van der Waals surface area (Å²) in [7, 11) is -3.14. The van der Waals surface area contributed by atoms with Gasteiger partial charge in [0.2, 0.25) is 10.0 Å². The molecule has 0 bridgehead atoms. The Hall–Kier alpha value is -1.11. The lowest BCUT2D eigenvalue weighted by Crippen LogP contribution is -2.42. The van der Waals surface area contributed by atoms with Gasteiger partial charge in [-0.05, 0) is 24.6 Å². The predicted octanol–water partition coefficient (Wildman–Crippen LogP) is 0.992. The van der Waals surface area contributed by atoms with Crippen molar-refractivity contribution in [1.29, 1.82) is 0 Å². The highest BCUT2D eigenvalue weighted by atomic mass is 32.2. The normalized spacial score (nSPS) is 21.9. The van der Waals surface area contributed by atoms with E-state index in [2.05, 4.69) is 0 Å². The van der Waals surface area contributed by atoms with Gasteiger partial charge in [0.25, 0.3) is 0 Å². The second-order valence-electron chi connectivity index (χ2n) is 4.28. The number of nitrogens with two attached hydrogens (primary N) is 1. The van der Waals surface area contributed by atoms with Gasteiger partial charge in [-0.1, -0.05) is 12.1 Å². The number of ether oxygens (including phenoxy) is 1. The fourth-order valence-corrected chi connectivity index (χ4v) is 3.05. The van der Waals surface area contributed by atoms with Crippen molar-refractivity contribution in [1.82, 2.24) is 4.31 Å². The van der Waals surface area contributed by atoms with Crippen LogP contribution in [0.3, 0.4) is 0 Å². The highest BCUT2D eigenvalue weighted by Crippen LogP contribution is 2.24. The van der Waals surface area contributed by atoms with Gasteiger partial charge < -0.3 is 10.5 Å². The van der Waals surface area contributed by atoms with Crippen molar-refractivity contribution < 1.29 is 13.2 Å². The van der Waals surface area contributed by atoms with E-state index in [0.717, 1.165) is 5.56 Å². The lowest BCUT2D eigenvalue weighted by Gasteiger charge is -2.32. The molecule has 1 unspecified atom stereocenters. The van der Waals surface area contributed by atoms with E-state index in [-0.39, 0.29) is 11.9 Å². The third-order valence-corrected chi connectivity index (χ3v) is 4.94. The maximum atomic E-state index is 11.8. The standard InChI is InChI=1S/C12H18N2O3S/c1-2-18(15,16)14-7-8-17-12(9-14)10-3-5-11(13)6-4-10/h3-6,12H,2,7-9,13H2,1H3. The minimum absolute atomic E-state index is 0.126. The minimum Gasteiger partial charge on any atom is -0.399 e. The number of hydrogen-bond acceptors (Lipinski definition) is 4. The molecule has 1 fully saturated rings. The van der Waals surface area contributed by atoms with Crippen LogP contribution in [0.2, 0.25) is 0 Å². The maximum absolute atomic E-state index is 11.8. The van der Waals surface area contributed by atoms with Crippen LogP contribution >= 0.6 is 0 Å². The molecule has 18 heavy (non-hydrogen) atoms. The first kappa shape index (κ1) is 13.3. The molecule has 1 atom stereocenters. The van der Waals surface area contributed by atoms with Gasteiger partial charge in [-0.3, -0.25) is 0 Å². The molecule has 2 N–H and O–H groups in total. The SMILES string of the molecule is CCS(=O)(=O)N1CCOC(c2ccc(N)cc2)C1. The van der Waals surface area contributed by atoms with Crippen molar-refractivity contribution in [2.24, 2.45) is 0 Å². The molecule has 0 aromatic heterocycles. The molecule has 1 aromatic carbocycles. The van der Waals surface area contributed by atoms with E-state index in [1.165, 1.54) is 4.31 Å². The Morgan fingerprint density at radius 2 is 2.06 bits per heavy atom. The van der Waals surface area contributed by atoms with E-state index in [9.17, 15) is 8.42 Å². The van der Waals surface area contributed by atoms with E-state index in [1.54, 1.807) is 19.1 Å². The summed E-state index contributed by atoms with van der Waals surface area (Å²) in [6.45, 7) is 2.89. The molecule has 0 amide bonds. The van der Waals surface area contributed by atoms with Gasteiger partial charge in [-0.15, -0.1) is 0 Å². The van der Waals surface area contributed by atoms with E-state index in [0.29, 0.717) is 25.4 Å². The molecule has 6 heteroatoms. The quantitative estimate of drug-likeness (QED) is 0.831. The van der Waals surface area contributed by atoms with E-state index in [1.807, 2.05) is 12.1 Å². The molecule has 1 aliphatic heterocycles. The van der Waals surface area contributed by atoms with Crippen LogP contribution in [-0.2, 0) is 14.8 Å². The highest BCUT2D eigenvalue weighted by Gasteiger charge is 2.28. The molecule has 2 rings (SSSR count). The Bertz CT molecular complexity index is 499. The number of nitrogen functional groups attached to an aromatic ring is 1. The number of sulfonamides is 1. The zero-order chi connectivity index (χ0) is 13.2. The summed E-state index contributed by atoms with van der Waals surface area (Å²) in [4.78, 5) is 0. The molecule has 0 spiro atoms. The average Bonchev–Trinajstić information content (AvgIpc) is 2.40. The smallest absolute Gasteiger partial charge is 0.214 e. The molecule has 0 aliphatic carbocycles. The second kappa shape index (κ2) is 5.26. The van der Waals surface area contributed by atoms with Gasteiger partial charge in [-0.2, -0.15) is 4.31 Å². The fraction of sp³-hybridized carbons (Fsp3) is 0.500. The highest BCUT2D eigenvalue weighted by molar-refractivity contribution is 7.89. The monoisotopic (exact) mass is 270 g/mol. The lowest BCUT2D eigenvalue weighted by atomic mass is 10.1. The van der Waals surface area contributed by atoms with Gasteiger partial charge in [-0.25, -0.2) is 8.42 Å². The summed E-state index contributed by atoms with van der Waals surface area (Å²) in [5.74, 6) is 0.126. The van der Waals surface area contributed by atoms with Gasteiger partial charge >= 0.3 is 0 Å². The summed E-state index contributed by atoms with van der Waals surface area (Å²) < 4.78 is 30.8. The Morgan fingerprint density at radius 3 is 2.67 bits per heavy atom. The third-order valence-electron chi connectivity index (χ3n) is 3.10. The molecule has 100 valence electrons. The van der Waals surface area contributed by atoms with E-state index in [4.69, 9.17) is 10.5 Å². The Labute approximate surface area is 108 Å². The molecule has 1 aliphatic rings. The number of benzene rings is 1. The van der Waals surface area contributed by atoms with Crippen LogP contribution in [0.25, 0.3) is 0 Å². The first-order valence-corrected chi connectivity index (χ1v) is 7.58. The molecule has 1 saturated heterocycles. The topological polar surface area (TPSA) is 72.6 Å². The summed E-state index contributed by atoms with van der Waals surface area (Å²) in [6.07, 6.45) is -0.208. The van der Waals surface area contributed by atoms with Crippen LogP contribution in [0.4, 0.5) is 5.69 Å². The number of nitrogens with zero attached hydrogens (tertiary/aromatic N) is 1. The summed E-state index contributed by atoms with van der Waals surface area (Å²) in [5, 5.41) is 0. The summed E-state index contributed by atoms with van der Waals surface area (Å²) in [5.41, 5.74) is 7.27. The average molecular weight is 270 g/mol. The number of rotatable bonds is 3. The Balaban J connectivity index is 2.14. The molecule has 0 saturated carbocycles. The molecule has 1 heterocycles. The van der Waals surface area contributed by atoms with Gasteiger partial charge in [0.05, 0.1) is 18.5 Å². The third kappa shape index (κ3) is 2.82. The van der Waals surface area contributed by atoms with Gasteiger partial charge in [0.15, 0.2) is 0 Å². The fourth-order valence-electron chi connectivity index (χ4n) is 1.97. The maximum Gasteiger partial charge on any atom is 0.214 e. The van der Waals surface area contributed by atoms with Crippen molar-refractivity contribution >= 4 is 15.7 Å². The van der Waals surface area contributed by atoms with Gasteiger partial charge in [0, 0.05) is 18.8 Å². The van der Waals surface area contributed by atoms with Crippen LogP contribution in [-0.4, -0.2) is 38.2 Å². The van der Waals surface area contributed by atoms with Crippen molar-refractivity contribution in [2.75, 3.05) is 31.2 Å². The first-order valence-electron chi connectivity index (χ1n) is 5.98. The molecule has 1 aromatic rings. The van der Waals surface area contributed by atoms with Crippen LogP contribution in [0, 0.1) is 0 Å². The van der Waals surface area contributed by atoms with Crippen LogP contribution in [0.1, 0.15) is 18.6 Å². The predicted molar refractivity (Wildman–Crippen MR) is 70.6 cm³/mol. The largest absolute Gasteiger partial charge is 0.399 e. The zero-order valence-electron chi connectivity index (χ0n) is 10.4. The lowest BCUT2D eigenvalue weighted by molar-refractivity contribution is -0.00249. The van der Waals surface area contributed by atoms with Crippen molar-refractivity contribution in [3.63, 3.8) is 0 Å². The van der Waals surface area contributed by atoms with Crippen LogP contribution < -0.4 is 5.73 Å². The van der Waals surface area contributed by atoms with Crippen LogP contribution in [0.15, 0.2) is 24.3 Å². The van der Waals surface area contributed by atoms with E-state index < -0.39 is 10.0 Å². The Kier molecular flexibility index (Phi) is 3.89. The molecular weight excluding hydrogens is 252 g/mol. The van der Waals surface area contributed by atoms with Gasteiger partial charge in [0.1, 0.15) is 0 Å². The number of hydrogen-bond donors (Lipinski definition) is 1. The molecule has 5 nitrogen and oxygen atoms in total. The first-order chi connectivity index (χ1) is 8.53. The van der Waals surface area contributed by atoms with Crippen LogP contribution in [0.5, 0.6) is 0 Å². The number of anilines is 1. The Morgan fingerprint density at radius 1 is 1.39 bits per heavy atom. The van der Waals surface area contributed by atoms with Crippen molar-refractivity contribution in [3.8, 4) is 0 Å². The second-order valence-corrected chi connectivity index (χ2v) is 6.54.